The van der Waals surface area contributed by atoms with Gasteiger partial charge in [-0.2, -0.15) is 5.06 Å². The van der Waals surface area contributed by atoms with E-state index in [0.717, 1.165) is 11.5 Å². The number of aromatic nitrogens is 1. The van der Waals surface area contributed by atoms with Crippen molar-refractivity contribution in [3.8, 4) is 0 Å². The van der Waals surface area contributed by atoms with Crippen LogP contribution in [0.25, 0.3) is 0 Å². The standard InChI is InChI=1S/C20H29N3O6/c1-5-6-8-23(29-18(25)14-7-9-27-13-14)17(24)15-10-16(12-21-11-15)22-19(26)28-20(2,3)4/h10-12,14H,5-9,13H2,1-4H3,(H,22,26)/t14-/m0/s1. The molecule has 1 saturated heterocycles. The van der Waals surface area contributed by atoms with Gasteiger partial charge in [0.1, 0.15) is 5.60 Å². The van der Waals surface area contributed by atoms with E-state index in [9.17, 15) is 14.4 Å². The van der Waals surface area contributed by atoms with E-state index in [-0.39, 0.29) is 18.0 Å². The lowest BCUT2D eigenvalue weighted by atomic mass is 10.1. The zero-order valence-electron chi connectivity index (χ0n) is 17.4. The largest absolute Gasteiger partial charge is 0.444 e. The molecule has 1 fully saturated rings. The second-order valence-electron chi connectivity index (χ2n) is 7.82. The molecule has 0 radical (unpaired) electrons. The van der Waals surface area contributed by atoms with E-state index in [1.54, 1.807) is 20.8 Å². The molecule has 1 aliphatic rings. The summed E-state index contributed by atoms with van der Waals surface area (Å²) >= 11 is 0. The van der Waals surface area contributed by atoms with Gasteiger partial charge in [-0.1, -0.05) is 13.3 Å². The Balaban J connectivity index is 2.09. The maximum absolute atomic E-state index is 12.9. The zero-order valence-corrected chi connectivity index (χ0v) is 17.4. The van der Waals surface area contributed by atoms with Gasteiger partial charge in [-0.25, -0.2) is 9.59 Å². The average molecular weight is 407 g/mol. The molecule has 9 nitrogen and oxygen atoms in total. The first-order valence-corrected chi connectivity index (χ1v) is 9.76. The van der Waals surface area contributed by atoms with E-state index in [1.165, 1.54) is 18.5 Å². The van der Waals surface area contributed by atoms with E-state index >= 15 is 0 Å². The highest BCUT2D eigenvalue weighted by molar-refractivity contribution is 5.96. The van der Waals surface area contributed by atoms with E-state index in [0.29, 0.717) is 31.7 Å². The Morgan fingerprint density at radius 2 is 2.07 bits per heavy atom. The van der Waals surface area contributed by atoms with Crippen molar-refractivity contribution >= 4 is 23.7 Å². The van der Waals surface area contributed by atoms with Gasteiger partial charge in [0.15, 0.2) is 0 Å². The molecule has 29 heavy (non-hydrogen) atoms. The number of nitrogens with zero attached hydrogens (tertiary/aromatic N) is 2. The van der Waals surface area contributed by atoms with Crippen LogP contribution in [0.15, 0.2) is 18.5 Å². The molecule has 1 N–H and O–H groups in total. The second kappa shape index (κ2) is 10.2. The molecule has 0 bridgehead atoms. The Bertz CT molecular complexity index is 725. The number of hydroxylamine groups is 2. The van der Waals surface area contributed by atoms with Crippen molar-refractivity contribution in [1.29, 1.82) is 0 Å². The fourth-order valence-electron chi connectivity index (χ4n) is 2.58. The van der Waals surface area contributed by atoms with Crippen molar-refractivity contribution in [3.63, 3.8) is 0 Å². The molecule has 1 aromatic heterocycles. The first kappa shape index (κ1) is 22.6. The number of rotatable bonds is 6. The molecule has 1 aliphatic heterocycles. The highest BCUT2D eigenvalue weighted by atomic mass is 16.7. The van der Waals surface area contributed by atoms with Crippen LogP contribution in [0.2, 0.25) is 0 Å². The molecule has 0 aliphatic carbocycles. The SMILES string of the molecule is CCCCN(OC(=O)[C@H]1CCOC1)C(=O)c1cncc(NC(=O)OC(C)(C)C)c1. The monoisotopic (exact) mass is 407 g/mol. The lowest BCUT2D eigenvalue weighted by Gasteiger charge is -2.22. The summed E-state index contributed by atoms with van der Waals surface area (Å²) in [6.07, 6.45) is 4.17. The van der Waals surface area contributed by atoms with Gasteiger partial charge in [0.25, 0.3) is 5.91 Å². The summed E-state index contributed by atoms with van der Waals surface area (Å²) in [5.41, 5.74) is -0.166. The zero-order chi connectivity index (χ0) is 21.4. The molecular weight excluding hydrogens is 378 g/mol. The Morgan fingerprint density at radius 1 is 1.31 bits per heavy atom. The number of ether oxygens (including phenoxy) is 2. The number of carbonyl (C=O) groups excluding carboxylic acids is 3. The highest BCUT2D eigenvalue weighted by Crippen LogP contribution is 2.18. The summed E-state index contributed by atoms with van der Waals surface area (Å²) in [5, 5.41) is 3.60. The molecule has 2 rings (SSSR count). The minimum atomic E-state index is -0.653. The Morgan fingerprint density at radius 3 is 2.69 bits per heavy atom. The van der Waals surface area contributed by atoms with Gasteiger partial charge >= 0.3 is 12.1 Å². The maximum atomic E-state index is 12.9. The average Bonchev–Trinajstić information content (AvgIpc) is 3.18. The van der Waals surface area contributed by atoms with Gasteiger partial charge in [0.05, 0.1) is 36.5 Å². The van der Waals surface area contributed by atoms with Gasteiger partial charge in [-0.05, 0) is 39.7 Å². The van der Waals surface area contributed by atoms with E-state index in [2.05, 4.69) is 10.3 Å². The van der Waals surface area contributed by atoms with Crippen LogP contribution in [0.3, 0.4) is 0 Å². The smallest absolute Gasteiger partial charge is 0.412 e. The van der Waals surface area contributed by atoms with Gasteiger partial charge in [-0.15, -0.1) is 0 Å². The van der Waals surface area contributed by atoms with Crippen molar-refractivity contribution in [1.82, 2.24) is 10.0 Å². The van der Waals surface area contributed by atoms with Crippen molar-refractivity contribution in [2.75, 3.05) is 25.1 Å². The number of hydrogen-bond acceptors (Lipinski definition) is 7. The number of hydrogen-bond donors (Lipinski definition) is 1. The first-order valence-electron chi connectivity index (χ1n) is 9.76. The Labute approximate surface area is 170 Å². The molecule has 0 unspecified atom stereocenters. The first-order chi connectivity index (χ1) is 13.7. The fourth-order valence-corrected chi connectivity index (χ4v) is 2.58. The molecule has 1 aromatic rings. The number of carbonyl (C=O) groups is 3. The van der Waals surface area contributed by atoms with Crippen LogP contribution >= 0.6 is 0 Å². The van der Waals surface area contributed by atoms with Crippen LogP contribution < -0.4 is 5.32 Å². The van der Waals surface area contributed by atoms with Crippen molar-refractivity contribution in [3.05, 3.63) is 24.0 Å². The molecule has 0 saturated carbocycles. The molecule has 2 heterocycles. The van der Waals surface area contributed by atoms with Crippen LogP contribution in [-0.4, -0.2) is 53.4 Å². The molecule has 9 heteroatoms. The van der Waals surface area contributed by atoms with Crippen LogP contribution in [-0.2, 0) is 19.1 Å². The fraction of sp³-hybridized carbons (Fsp3) is 0.600. The third-order valence-corrected chi connectivity index (χ3v) is 4.03. The van der Waals surface area contributed by atoms with Crippen LogP contribution in [0, 0.1) is 5.92 Å². The Kier molecular flexibility index (Phi) is 7.95. The number of amides is 2. The summed E-state index contributed by atoms with van der Waals surface area (Å²) in [5.74, 6) is -1.36. The van der Waals surface area contributed by atoms with E-state index in [4.69, 9.17) is 14.3 Å². The predicted molar refractivity (Wildman–Crippen MR) is 105 cm³/mol. The van der Waals surface area contributed by atoms with E-state index < -0.39 is 23.6 Å². The number of unbranched alkanes of at least 4 members (excludes halogenated alkanes) is 1. The molecule has 0 aromatic carbocycles. The van der Waals surface area contributed by atoms with Crippen LogP contribution in [0.1, 0.15) is 57.3 Å². The third kappa shape index (κ3) is 7.34. The van der Waals surface area contributed by atoms with Crippen molar-refractivity contribution in [2.24, 2.45) is 5.92 Å². The summed E-state index contributed by atoms with van der Waals surface area (Å²) in [6.45, 7) is 8.29. The van der Waals surface area contributed by atoms with Crippen LogP contribution in [0.5, 0.6) is 0 Å². The summed E-state index contributed by atoms with van der Waals surface area (Å²) in [6, 6.07) is 1.46. The number of pyridine rings is 1. The summed E-state index contributed by atoms with van der Waals surface area (Å²) < 4.78 is 10.4. The van der Waals surface area contributed by atoms with E-state index in [1.807, 2.05) is 6.92 Å². The second-order valence-corrected chi connectivity index (χ2v) is 7.82. The van der Waals surface area contributed by atoms with Gasteiger partial charge in [-0.3, -0.25) is 15.1 Å². The van der Waals surface area contributed by atoms with Gasteiger partial charge in [0.2, 0.25) is 0 Å². The number of anilines is 1. The molecule has 0 spiro atoms. The lowest BCUT2D eigenvalue weighted by molar-refractivity contribution is -0.183. The predicted octanol–water partition coefficient (Wildman–Crippen LogP) is 3.17. The lowest BCUT2D eigenvalue weighted by Crippen LogP contribution is -2.37. The maximum Gasteiger partial charge on any atom is 0.412 e. The topological polar surface area (TPSA) is 107 Å². The molecule has 160 valence electrons. The minimum absolute atomic E-state index is 0.185. The number of nitrogens with one attached hydrogen (secondary N) is 1. The van der Waals surface area contributed by atoms with Crippen molar-refractivity contribution in [2.45, 2.75) is 52.6 Å². The normalized spacial score (nSPS) is 16.2. The van der Waals surface area contributed by atoms with Gasteiger partial charge in [0, 0.05) is 12.8 Å². The molecule has 1 atom stereocenters. The van der Waals surface area contributed by atoms with Crippen LogP contribution in [0.4, 0.5) is 10.5 Å². The third-order valence-electron chi connectivity index (χ3n) is 4.03. The minimum Gasteiger partial charge on any atom is -0.444 e. The quantitative estimate of drug-likeness (QED) is 0.722. The van der Waals surface area contributed by atoms with Crippen molar-refractivity contribution < 1.29 is 28.7 Å². The molecule has 2 amide bonds. The molecular formula is C20H29N3O6. The van der Waals surface area contributed by atoms with Gasteiger partial charge < -0.3 is 14.3 Å². The summed E-state index contributed by atoms with van der Waals surface area (Å²) in [7, 11) is 0. The highest BCUT2D eigenvalue weighted by Gasteiger charge is 2.29. The Hall–Kier alpha value is -2.68. The summed E-state index contributed by atoms with van der Waals surface area (Å²) in [4.78, 5) is 46.5.